The van der Waals surface area contributed by atoms with Gasteiger partial charge in [0, 0.05) is 46.1 Å². The number of halogens is 1. The molecule has 120 valence electrons. The fourth-order valence-electron chi connectivity index (χ4n) is 2.08. The van der Waals surface area contributed by atoms with E-state index in [1.54, 1.807) is 20.3 Å². The van der Waals surface area contributed by atoms with E-state index in [1.165, 1.54) is 12.1 Å². The van der Waals surface area contributed by atoms with E-state index in [4.69, 9.17) is 9.47 Å². The first-order valence-electron chi connectivity index (χ1n) is 7.05. The van der Waals surface area contributed by atoms with Crippen LogP contribution in [0.2, 0.25) is 0 Å². The standard InChI is InChI=1S/C15H25FN2O3/c1-20-9-5-17-12-13-11-14(16)3-4-15(13)18(6-8-19)7-10-21-2/h3-4,11,17,19H,5-10,12H2,1-2H3. The second kappa shape index (κ2) is 10.5. The van der Waals surface area contributed by atoms with Gasteiger partial charge in [0.15, 0.2) is 0 Å². The molecule has 0 heterocycles. The third-order valence-electron chi connectivity index (χ3n) is 3.12. The Morgan fingerprint density at radius 3 is 2.62 bits per heavy atom. The molecule has 0 saturated heterocycles. The minimum Gasteiger partial charge on any atom is -0.395 e. The molecule has 2 N–H and O–H groups in total. The first-order chi connectivity index (χ1) is 10.2. The second-order valence-electron chi connectivity index (χ2n) is 4.65. The van der Waals surface area contributed by atoms with Crippen molar-refractivity contribution in [1.29, 1.82) is 0 Å². The molecule has 21 heavy (non-hydrogen) atoms. The zero-order valence-corrected chi connectivity index (χ0v) is 12.8. The van der Waals surface area contributed by atoms with E-state index in [-0.39, 0.29) is 12.4 Å². The Kier molecular flexibility index (Phi) is 8.93. The fraction of sp³-hybridized carbons (Fsp3) is 0.600. The van der Waals surface area contributed by atoms with Crippen LogP contribution in [0.15, 0.2) is 18.2 Å². The van der Waals surface area contributed by atoms with Crippen LogP contribution in [0.25, 0.3) is 0 Å². The third kappa shape index (κ3) is 6.39. The van der Waals surface area contributed by atoms with Crippen LogP contribution in [0.1, 0.15) is 5.56 Å². The molecule has 0 aliphatic carbocycles. The van der Waals surface area contributed by atoms with Crippen LogP contribution < -0.4 is 10.2 Å². The number of nitrogens with one attached hydrogen (secondary N) is 1. The molecule has 5 nitrogen and oxygen atoms in total. The van der Waals surface area contributed by atoms with Crippen LogP contribution in [0, 0.1) is 5.82 Å². The minimum atomic E-state index is -0.266. The van der Waals surface area contributed by atoms with Crippen molar-refractivity contribution >= 4 is 5.69 Å². The van der Waals surface area contributed by atoms with Crippen LogP contribution in [-0.4, -0.2) is 58.8 Å². The topological polar surface area (TPSA) is 54.0 Å². The molecule has 1 aromatic carbocycles. The number of anilines is 1. The lowest BCUT2D eigenvalue weighted by Crippen LogP contribution is -2.31. The average Bonchev–Trinajstić information content (AvgIpc) is 2.48. The van der Waals surface area contributed by atoms with Crippen molar-refractivity contribution in [2.24, 2.45) is 0 Å². The van der Waals surface area contributed by atoms with Gasteiger partial charge in [-0.25, -0.2) is 4.39 Å². The normalized spacial score (nSPS) is 10.9. The van der Waals surface area contributed by atoms with Crippen LogP contribution in [0.3, 0.4) is 0 Å². The molecule has 0 radical (unpaired) electrons. The maximum atomic E-state index is 13.5. The van der Waals surface area contributed by atoms with E-state index in [9.17, 15) is 9.50 Å². The smallest absolute Gasteiger partial charge is 0.123 e. The van der Waals surface area contributed by atoms with Crippen molar-refractivity contribution in [3.05, 3.63) is 29.6 Å². The molecule has 0 spiro atoms. The molecule has 0 aliphatic rings. The first kappa shape index (κ1) is 17.8. The van der Waals surface area contributed by atoms with Gasteiger partial charge in [-0.15, -0.1) is 0 Å². The van der Waals surface area contributed by atoms with Crippen molar-refractivity contribution in [1.82, 2.24) is 5.32 Å². The lowest BCUT2D eigenvalue weighted by molar-refractivity contribution is 0.199. The highest BCUT2D eigenvalue weighted by molar-refractivity contribution is 5.54. The molecule has 0 bridgehead atoms. The molecular weight excluding hydrogens is 275 g/mol. The monoisotopic (exact) mass is 300 g/mol. The summed E-state index contributed by atoms with van der Waals surface area (Å²) in [6.07, 6.45) is 0. The molecule has 0 aliphatic heterocycles. The molecule has 0 fully saturated rings. The average molecular weight is 300 g/mol. The summed E-state index contributed by atoms with van der Waals surface area (Å²) in [4.78, 5) is 2.00. The lowest BCUT2D eigenvalue weighted by atomic mass is 10.1. The van der Waals surface area contributed by atoms with Gasteiger partial charge >= 0.3 is 0 Å². The number of aliphatic hydroxyl groups excluding tert-OH is 1. The minimum absolute atomic E-state index is 0.0393. The predicted molar refractivity (Wildman–Crippen MR) is 81.2 cm³/mol. The highest BCUT2D eigenvalue weighted by Gasteiger charge is 2.11. The van der Waals surface area contributed by atoms with E-state index in [2.05, 4.69) is 5.32 Å². The summed E-state index contributed by atoms with van der Waals surface area (Å²) in [6, 6.07) is 4.70. The van der Waals surface area contributed by atoms with Gasteiger partial charge in [-0.05, 0) is 23.8 Å². The Balaban J connectivity index is 2.80. The van der Waals surface area contributed by atoms with Crippen molar-refractivity contribution < 1.29 is 19.0 Å². The summed E-state index contributed by atoms with van der Waals surface area (Å²) in [5.41, 5.74) is 1.77. The van der Waals surface area contributed by atoms with E-state index in [0.29, 0.717) is 39.4 Å². The number of ether oxygens (including phenoxy) is 2. The van der Waals surface area contributed by atoms with Gasteiger partial charge in [-0.3, -0.25) is 0 Å². The van der Waals surface area contributed by atoms with E-state index < -0.39 is 0 Å². The maximum absolute atomic E-state index is 13.5. The van der Waals surface area contributed by atoms with Crippen LogP contribution >= 0.6 is 0 Å². The first-order valence-corrected chi connectivity index (χ1v) is 7.05. The van der Waals surface area contributed by atoms with Gasteiger partial charge in [0.25, 0.3) is 0 Å². The Hall–Kier alpha value is -1.21. The highest BCUT2D eigenvalue weighted by Crippen LogP contribution is 2.21. The predicted octanol–water partition coefficient (Wildman–Crippen LogP) is 1.01. The summed E-state index contributed by atoms with van der Waals surface area (Å²) >= 11 is 0. The number of hydrogen-bond acceptors (Lipinski definition) is 5. The molecule has 0 amide bonds. The SMILES string of the molecule is COCCNCc1cc(F)ccc1N(CCO)CCOC. The van der Waals surface area contributed by atoms with Gasteiger partial charge in [-0.2, -0.15) is 0 Å². The van der Waals surface area contributed by atoms with E-state index in [0.717, 1.165) is 11.3 Å². The molecule has 6 heteroatoms. The fourth-order valence-corrected chi connectivity index (χ4v) is 2.08. The highest BCUT2D eigenvalue weighted by atomic mass is 19.1. The molecule has 0 unspecified atom stereocenters. The van der Waals surface area contributed by atoms with Crippen LogP contribution in [0.4, 0.5) is 10.1 Å². The maximum Gasteiger partial charge on any atom is 0.123 e. The van der Waals surface area contributed by atoms with E-state index >= 15 is 0 Å². The van der Waals surface area contributed by atoms with E-state index in [1.807, 2.05) is 4.90 Å². The molecule has 1 aromatic rings. The van der Waals surface area contributed by atoms with Crippen molar-refractivity contribution in [3.63, 3.8) is 0 Å². The largest absolute Gasteiger partial charge is 0.395 e. The molecular formula is C15H25FN2O3. The number of nitrogens with zero attached hydrogens (tertiary/aromatic N) is 1. The Morgan fingerprint density at radius 1 is 1.19 bits per heavy atom. The number of aliphatic hydroxyl groups is 1. The van der Waals surface area contributed by atoms with Gasteiger partial charge in [0.05, 0.1) is 19.8 Å². The number of benzene rings is 1. The third-order valence-corrected chi connectivity index (χ3v) is 3.12. The number of hydrogen-bond donors (Lipinski definition) is 2. The summed E-state index contributed by atoms with van der Waals surface area (Å²) in [5.74, 6) is -0.266. The van der Waals surface area contributed by atoms with Crippen molar-refractivity contribution in [2.45, 2.75) is 6.54 Å². The summed E-state index contributed by atoms with van der Waals surface area (Å²) in [5, 5.41) is 12.4. The quantitative estimate of drug-likeness (QED) is 0.597. The lowest BCUT2D eigenvalue weighted by Gasteiger charge is -2.26. The Labute approximate surface area is 125 Å². The molecule has 0 saturated carbocycles. The molecule has 0 atom stereocenters. The summed E-state index contributed by atoms with van der Waals surface area (Å²) in [6.45, 7) is 3.57. The van der Waals surface area contributed by atoms with Gasteiger partial charge in [0.1, 0.15) is 5.82 Å². The van der Waals surface area contributed by atoms with Crippen LogP contribution in [0.5, 0.6) is 0 Å². The molecule has 1 rings (SSSR count). The van der Waals surface area contributed by atoms with Crippen molar-refractivity contribution in [2.75, 3.05) is 58.6 Å². The summed E-state index contributed by atoms with van der Waals surface area (Å²) in [7, 11) is 3.28. The van der Waals surface area contributed by atoms with Crippen molar-refractivity contribution in [3.8, 4) is 0 Å². The number of rotatable bonds is 11. The zero-order valence-electron chi connectivity index (χ0n) is 12.8. The van der Waals surface area contributed by atoms with Gasteiger partial charge in [-0.1, -0.05) is 0 Å². The number of methoxy groups -OCH3 is 2. The van der Waals surface area contributed by atoms with Gasteiger partial charge < -0.3 is 24.8 Å². The summed E-state index contributed by atoms with van der Waals surface area (Å²) < 4.78 is 23.5. The second-order valence-corrected chi connectivity index (χ2v) is 4.65. The Morgan fingerprint density at radius 2 is 1.95 bits per heavy atom. The Bertz CT molecular complexity index is 405. The zero-order chi connectivity index (χ0) is 15.5. The van der Waals surface area contributed by atoms with Crippen LogP contribution in [-0.2, 0) is 16.0 Å². The molecule has 0 aromatic heterocycles. The van der Waals surface area contributed by atoms with Gasteiger partial charge in [0.2, 0.25) is 0 Å².